The monoisotopic (exact) mass is 248 g/mol. The Balaban J connectivity index is 2.03. The highest BCUT2D eigenvalue weighted by Crippen LogP contribution is 2.38. The number of hydrogen-bond donors (Lipinski definition) is 1. The molecule has 18 heavy (non-hydrogen) atoms. The van der Waals surface area contributed by atoms with Crippen molar-refractivity contribution in [2.45, 2.75) is 38.1 Å². The summed E-state index contributed by atoms with van der Waals surface area (Å²) in [6.45, 7) is 2.20. The molecule has 1 aliphatic carbocycles. The minimum absolute atomic E-state index is 0.312. The Morgan fingerprint density at radius 3 is 3.11 bits per heavy atom. The Hall–Kier alpha value is -1.42. The molecule has 96 valence electrons. The summed E-state index contributed by atoms with van der Waals surface area (Å²) < 4.78 is 18.8. The second-order valence-corrected chi connectivity index (χ2v) is 5.49. The van der Waals surface area contributed by atoms with Crippen LogP contribution in [0.5, 0.6) is 0 Å². The van der Waals surface area contributed by atoms with Crippen molar-refractivity contribution in [2.24, 2.45) is 11.7 Å². The molecular formula is C14H17FN2O. The van der Waals surface area contributed by atoms with Crippen LogP contribution < -0.4 is 5.73 Å². The van der Waals surface area contributed by atoms with Crippen LogP contribution in [-0.2, 0) is 5.54 Å². The van der Waals surface area contributed by atoms with E-state index in [1.54, 1.807) is 6.07 Å². The summed E-state index contributed by atoms with van der Waals surface area (Å²) >= 11 is 0. The van der Waals surface area contributed by atoms with Gasteiger partial charge in [0.25, 0.3) is 0 Å². The summed E-state index contributed by atoms with van der Waals surface area (Å²) in [7, 11) is 0. The zero-order valence-corrected chi connectivity index (χ0v) is 10.4. The second-order valence-electron chi connectivity index (χ2n) is 5.49. The first-order valence-corrected chi connectivity index (χ1v) is 6.42. The summed E-state index contributed by atoms with van der Waals surface area (Å²) in [5, 5.41) is 0. The van der Waals surface area contributed by atoms with Gasteiger partial charge in [-0.05, 0) is 30.9 Å². The van der Waals surface area contributed by atoms with Crippen molar-refractivity contribution in [3.05, 3.63) is 29.9 Å². The molecule has 4 heteroatoms. The molecule has 1 aliphatic rings. The van der Waals surface area contributed by atoms with Crippen molar-refractivity contribution in [3.63, 3.8) is 0 Å². The topological polar surface area (TPSA) is 52.0 Å². The van der Waals surface area contributed by atoms with Crippen molar-refractivity contribution in [1.29, 1.82) is 0 Å². The third kappa shape index (κ3) is 1.90. The molecule has 1 aromatic carbocycles. The maximum absolute atomic E-state index is 13.1. The van der Waals surface area contributed by atoms with Crippen LogP contribution in [0.2, 0.25) is 0 Å². The lowest BCUT2D eigenvalue weighted by Gasteiger charge is -2.33. The standard InChI is InChI=1S/C14H17FN2O/c1-9-3-2-6-14(16,8-9)13-17-11-5-4-10(15)7-12(11)18-13/h4-5,7,9H,2-3,6,8,16H2,1H3. The van der Waals surface area contributed by atoms with Crippen molar-refractivity contribution in [2.75, 3.05) is 0 Å². The molecule has 0 spiro atoms. The molecule has 1 heterocycles. The lowest BCUT2D eigenvalue weighted by molar-refractivity contribution is 0.201. The van der Waals surface area contributed by atoms with Gasteiger partial charge in [0.15, 0.2) is 5.58 Å². The van der Waals surface area contributed by atoms with Crippen LogP contribution in [0.3, 0.4) is 0 Å². The fraction of sp³-hybridized carbons (Fsp3) is 0.500. The smallest absolute Gasteiger partial charge is 0.215 e. The Morgan fingerprint density at radius 1 is 1.50 bits per heavy atom. The van der Waals surface area contributed by atoms with Gasteiger partial charge in [-0.25, -0.2) is 9.37 Å². The molecule has 0 aliphatic heterocycles. The van der Waals surface area contributed by atoms with E-state index in [1.807, 2.05) is 0 Å². The van der Waals surface area contributed by atoms with Gasteiger partial charge in [0.05, 0.1) is 5.54 Å². The molecule has 0 saturated heterocycles. The molecule has 2 aromatic rings. The molecule has 1 fully saturated rings. The molecule has 3 rings (SSSR count). The average molecular weight is 248 g/mol. The van der Waals surface area contributed by atoms with Crippen LogP contribution >= 0.6 is 0 Å². The minimum Gasteiger partial charge on any atom is -0.439 e. The number of oxazole rings is 1. The summed E-state index contributed by atoms with van der Waals surface area (Å²) in [5.41, 5.74) is 7.08. The zero-order valence-electron chi connectivity index (χ0n) is 10.4. The van der Waals surface area contributed by atoms with Gasteiger partial charge in [-0.1, -0.05) is 19.8 Å². The number of fused-ring (bicyclic) bond motifs is 1. The van der Waals surface area contributed by atoms with Crippen LogP contribution in [0.15, 0.2) is 22.6 Å². The largest absolute Gasteiger partial charge is 0.439 e. The number of aromatic nitrogens is 1. The highest BCUT2D eigenvalue weighted by atomic mass is 19.1. The number of halogens is 1. The van der Waals surface area contributed by atoms with E-state index in [0.717, 1.165) is 19.3 Å². The van der Waals surface area contributed by atoms with Crippen LogP contribution in [-0.4, -0.2) is 4.98 Å². The number of benzene rings is 1. The number of hydrogen-bond acceptors (Lipinski definition) is 3. The predicted octanol–water partition coefficient (Wildman–Crippen LogP) is 3.33. The van der Waals surface area contributed by atoms with E-state index >= 15 is 0 Å². The molecule has 2 atom stereocenters. The van der Waals surface area contributed by atoms with Crippen LogP contribution in [0.4, 0.5) is 4.39 Å². The minimum atomic E-state index is -0.493. The Kier molecular flexibility index (Phi) is 2.63. The van der Waals surface area contributed by atoms with Gasteiger partial charge in [-0.15, -0.1) is 0 Å². The summed E-state index contributed by atoms with van der Waals surface area (Å²) in [6.07, 6.45) is 4.05. The molecule has 3 nitrogen and oxygen atoms in total. The first-order valence-electron chi connectivity index (χ1n) is 6.42. The van der Waals surface area contributed by atoms with Crippen molar-refractivity contribution in [3.8, 4) is 0 Å². The van der Waals surface area contributed by atoms with Crippen molar-refractivity contribution < 1.29 is 8.81 Å². The van der Waals surface area contributed by atoms with E-state index in [9.17, 15) is 4.39 Å². The third-order valence-electron chi connectivity index (χ3n) is 3.81. The van der Waals surface area contributed by atoms with Gasteiger partial charge in [-0.3, -0.25) is 0 Å². The first kappa shape index (κ1) is 11.7. The lowest BCUT2D eigenvalue weighted by Crippen LogP contribution is -2.41. The third-order valence-corrected chi connectivity index (χ3v) is 3.81. The molecule has 1 saturated carbocycles. The SMILES string of the molecule is CC1CCCC(N)(c2nc3ccc(F)cc3o2)C1. The van der Waals surface area contributed by atoms with Crippen LogP contribution in [0, 0.1) is 11.7 Å². The number of nitrogens with two attached hydrogens (primary N) is 1. The number of rotatable bonds is 1. The van der Waals surface area contributed by atoms with E-state index in [2.05, 4.69) is 11.9 Å². The fourth-order valence-electron chi connectivity index (χ4n) is 2.90. The van der Waals surface area contributed by atoms with Gasteiger partial charge in [0.2, 0.25) is 5.89 Å². The molecule has 0 amide bonds. The number of nitrogens with zero attached hydrogens (tertiary/aromatic N) is 1. The average Bonchev–Trinajstić information content (AvgIpc) is 2.72. The highest BCUT2D eigenvalue weighted by molar-refractivity contribution is 5.72. The van der Waals surface area contributed by atoms with E-state index < -0.39 is 5.54 Å². The van der Waals surface area contributed by atoms with E-state index in [0.29, 0.717) is 22.9 Å². The first-order chi connectivity index (χ1) is 8.57. The molecule has 0 bridgehead atoms. The predicted molar refractivity (Wildman–Crippen MR) is 67.5 cm³/mol. The summed E-state index contributed by atoms with van der Waals surface area (Å²) in [6, 6.07) is 4.38. The fourth-order valence-corrected chi connectivity index (χ4v) is 2.90. The molecule has 0 radical (unpaired) electrons. The van der Waals surface area contributed by atoms with Gasteiger partial charge >= 0.3 is 0 Å². The Labute approximate surface area is 105 Å². The van der Waals surface area contributed by atoms with Crippen LogP contribution in [0.25, 0.3) is 11.1 Å². The van der Waals surface area contributed by atoms with E-state index in [-0.39, 0.29) is 5.82 Å². The van der Waals surface area contributed by atoms with E-state index in [4.69, 9.17) is 10.2 Å². The van der Waals surface area contributed by atoms with Gasteiger partial charge in [0.1, 0.15) is 11.3 Å². The molecule has 2 unspecified atom stereocenters. The Morgan fingerprint density at radius 2 is 2.33 bits per heavy atom. The van der Waals surface area contributed by atoms with E-state index in [1.165, 1.54) is 18.6 Å². The maximum atomic E-state index is 13.1. The summed E-state index contributed by atoms with van der Waals surface area (Å²) in [4.78, 5) is 4.43. The highest BCUT2D eigenvalue weighted by Gasteiger charge is 2.37. The van der Waals surface area contributed by atoms with Gasteiger partial charge in [0, 0.05) is 6.07 Å². The lowest BCUT2D eigenvalue weighted by atomic mass is 9.77. The van der Waals surface area contributed by atoms with Crippen molar-refractivity contribution >= 4 is 11.1 Å². The molecule has 2 N–H and O–H groups in total. The zero-order chi connectivity index (χ0) is 12.8. The van der Waals surface area contributed by atoms with Gasteiger partial charge in [-0.2, -0.15) is 0 Å². The normalized spacial score (nSPS) is 28.7. The molecular weight excluding hydrogens is 231 g/mol. The summed E-state index contributed by atoms with van der Waals surface area (Å²) in [5.74, 6) is 0.818. The second kappa shape index (κ2) is 4.05. The maximum Gasteiger partial charge on any atom is 0.215 e. The van der Waals surface area contributed by atoms with Gasteiger partial charge < -0.3 is 10.2 Å². The Bertz CT molecular complexity index is 580. The molecule has 1 aromatic heterocycles. The quantitative estimate of drug-likeness (QED) is 0.842. The van der Waals surface area contributed by atoms with Crippen LogP contribution in [0.1, 0.15) is 38.5 Å². The van der Waals surface area contributed by atoms with Crippen molar-refractivity contribution in [1.82, 2.24) is 4.98 Å².